The van der Waals surface area contributed by atoms with E-state index in [0.29, 0.717) is 43.4 Å². The average Bonchev–Trinajstić information content (AvgIpc) is 3.77. The molecule has 2 unspecified atom stereocenters. The van der Waals surface area contributed by atoms with Gasteiger partial charge in [0.1, 0.15) is 24.2 Å². The first kappa shape index (κ1) is 30.3. The van der Waals surface area contributed by atoms with Gasteiger partial charge in [-0.3, -0.25) is 14.5 Å². The summed E-state index contributed by atoms with van der Waals surface area (Å²) in [7, 11) is 0. The van der Waals surface area contributed by atoms with Crippen molar-refractivity contribution in [3.05, 3.63) is 59.9 Å². The molecule has 3 fully saturated rings. The zero-order valence-electron chi connectivity index (χ0n) is 25.8. The summed E-state index contributed by atoms with van der Waals surface area (Å²) in [6.07, 6.45) is 11.9. The molecular weight excluding hydrogens is 560 g/mol. The zero-order valence-corrected chi connectivity index (χ0v) is 25.8. The maximum Gasteiger partial charge on any atom is 0.254 e. The van der Waals surface area contributed by atoms with E-state index in [4.69, 9.17) is 14.0 Å². The Morgan fingerprint density at radius 1 is 1.05 bits per heavy atom. The van der Waals surface area contributed by atoms with E-state index in [2.05, 4.69) is 20.4 Å². The minimum absolute atomic E-state index is 0.0410. The molecule has 3 aliphatic rings. The molecule has 236 valence electrons. The SMILES string of the molecule is Cc1nccn1-c1ccc(C(C)NC(=O)C2CCCN2C(=O)Cc2cc(OCCN3CCC(OC4CCC4)CC3)no2)cc1. The van der Waals surface area contributed by atoms with E-state index in [1.54, 1.807) is 17.2 Å². The summed E-state index contributed by atoms with van der Waals surface area (Å²) in [5.74, 6) is 1.44. The van der Waals surface area contributed by atoms with Crippen molar-refractivity contribution in [3.63, 3.8) is 0 Å². The van der Waals surface area contributed by atoms with Crippen molar-refractivity contribution >= 4 is 11.8 Å². The first-order valence-electron chi connectivity index (χ1n) is 16.1. The van der Waals surface area contributed by atoms with Crippen LogP contribution >= 0.6 is 0 Å². The van der Waals surface area contributed by atoms with Gasteiger partial charge in [-0.2, -0.15) is 0 Å². The van der Waals surface area contributed by atoms with E-state index in [1.807, 2.05) is 48.9 Å². The Balaban J connectivity index is 0.933. The second kappa shape index (κ2) is 13.9. The monoisotopic (exact) mass is 604 g/mol. The van der Waals surface area contributed by atoms with Gasteiger partial charge >= 0.3 is 0 Å². The van der Waals surface area contributed by atoms with Crippen LogP contribution in [0.4, 0.5) is 0 Å². The Bertz CT molecular complexity index is 1390. The molecule has 1 aliphatic carbocycles. The first-order valence-corrected chi connectivity index (χ1v) is 16.1. The molecule has 0 bridgehead atoms. The average molecular weight is 605 g/mol. The quantitative estimate of drug-likeness (QED) is 0.330. The van der Waals surface area contributed by atoms with Gasteiger partial charge in [-0.15, -0.1) is 0 Å². The summed E-state index contributed by atoms with van der Waals surface area (Å²) in [6, 6.07) is 9.03. The van der Waals surface area contributed by atoms with E-state index in [1.165, 1.54) is 19.3 Å². The number of imidazole rings is 1. The highest BCUT2D eigenvalue weighted by Gasteiger charge is 2.35. The number of carbonyl (C=O) groups is 2. The number of carbonyl (C=O) groups excluding carboxylic acids is 2. The van der Waals surface area contributed by atoms with Crippen LogP contribution < -0.4 is 10.1 Å². The molecule has 2 saturated heterocycles. The third-order valence-corrected chi connectivity index (χ3v) is 9.22. The third-order valence-electron chi connectivity index (χ3n) is 9.22. The summed E-state index contributed by atoms with van der Waals surface area (Å²) in [4.78, 5) is 34.8. The molecule has 0 radical (unpaired) electrons. The number of piperidine rings is 1. The summed E-state index contributed by atoms with van der Waals surface area (Å²) in [6.45, 7) is 7.81. The van der Waals surface area contributed by atoms with Gasteiger partial charge in [-0.1, -0.05) is 12.1 Å². The maximum absolute atomic E-state index is 13.2. The van der Waals surface area contributed by atoms with E-state index >= 15 is 0 Å². The predicted molar refractivity (Wildman–Crippen MR) is 163 cm³/mol. The summed E-state index contributed by atoms with van der Waals surface area (Å²) >= 11 is 0. The molecule has 6 rings (SSSR count). The van der Waals surface area contributed by atoms with Gasteiger partial charge in [0.05, 0.1) is 24.7 Å². The molecule has 3 aromatic rings. The molecule has 1 saturated carbocycles. The van der Waals surface area contributed by atoms with E-state index in [9.17, 15) is 9.59 Å². The number of hydrogen-bond acceptors (Lipinski definition) is 8. The summed E-state index contributed by atoms with van der Waals surface area (Å²) in [5, 5.41) is 7.11. The number of nitrogens with one attached hydrogen (secondary N) is 1. The van der Waals surface area contributed by atoms with Crippen molar-refractivity contribution in [2.24, 2.45) is 0 Å². The number of hydrogen-bond donors (Lipinski definition) is 1. The standard InChI is InChI=1S/C33H44N6O5/c1-23(25-8-10-26(11-9-25)38-18-14-34-24(38)2)35-33(41)30-7-4-15-39(30)32(40)22-29-21-31(36-44-29)42-20-19-37-16-12-28(13-17-37)43-27-5-3-6-27/h8-11,14,18,21,23,27-28,30H,3-7,12-13,15-17,19-20,22H2,1-2H3,(H,35,41). The fourth-order valence-corrected chi connectivity index (χ4v) is 6.33. The Hall–Kier alpha value is -3.70. The van der Waals surface area contributed by atoms with Crippen LogP contribution in [0.3, 0.4) is 0 Å². The van der Waals surface area contributed by atoms with Gasteiger partial charge < -0.3 is 28.8 Å². The fourth-order valence-electron chi connectivity index (χ4n) is 6.33. The lowest BCUT2D eigenvalue weighted by Gasteiger charge is -2.36. The number of likely N-dealkylation sites (tertiary alicyclic amines) is 2. The number of amides is 2. The van der Waals surface area contributed by atoms with Crippen molar-refractivity contribution in [2.75, 3.05) is 32.8 Å². The van der Waals surface area contributed by atoms with Crippen LogP contribution in [0.5, 0.6) is 5.88 Å². The Kier molecular flexibility index (Phi) is 9.61. The lowest BCUT2D eigenvalue weighted by atomic mass is 9.95. The summed E-state index contributed by atoms with van der Waals surface area (Å²) < 4.78 is 19.4. The Morgan fingerprint density at radius 3 is 2.52 bits per heavy atom. The van der Waals surface area contributed by atoms with E-state index in [-0.39, 0.29) is 24.3 Å². The molecule has 2 amide bonds. The van der Waals surface area contributed by atoms with Crippen LogP contribution in [0.1, 0.15) is 75.1 Å². The normalized spacial score (nSPS) is 20.4. The van der Waals surface area contributed by atoms with Gasteiger partial charge in [0, 0.05) is 50.3 Å². The fraction of sp³-hybridized carbons (Fsp3) is 0.576. The van der Waals surface area contributed by atoms with E-state index < -0.39 is 6.04 Å². The van der Waals surface area contributed by atoms with Gasteiger partial charge in [0.2, 0.25) is 11.8 Å². The smallest absolute Gasteiger partial charge is 0.254 e. The number of benzene rings is 1. The van der Waals surface area contributed by atoms with Crippen molar-refractivity contribution < 1.29 is 23.6 Å². The molecular formula is C33H44N6O5. The number of aryl methyl sites for hydroxylation is 1. The minimum atomic E-state index is -0.500. The van der Waals surface area contributed by atoms with Gasteiger partial charge in [0.15, 0.2) is 0 Å². The molecule has 4 heterocycles. The number of nitrogens with zero attached hydrogens (tertiary/aromatic N) is 5. The van der Waals surface area contributed by atoms with Gasteiger partial charge in [-0.25, -0.2) is 4.98 Å². The topological polar surface area (TPSA) is 115 Å². The highest BCUT2D eigenvalue weighted by atomic mass is 16.5. The number of aromatic nitrogens is 3. The van der Waals surface area contributed by atoms with Crippen molar-refractivity contribution in [2.45, 2.75) is 89.5 Å². The molecule has 11 nitrogen and oxygen atoms in total. The second-order valence-corrected chi connectivity index (χ2v) is 12.3. The highest BCUT2D eigenvalue weighted by molar-refractivity contribution is 5.89. The molecule has 2 aliphatic heterocycles. The third kappa shape index (κ3) is 7.32. The molecule has 1 aromatic carbocycles. The van der Waals surface area contributed by atoms with Crippen LogP contribution in [0, 0.1) is 6.92 Å². The second-order valence-electron chi connectivity index (χ2n) is 12.3. The Morgan fingerprint density at radius 2 is 1.82 bits per heavy atom. The van der Waals surface area contributed by atoms with Crippen molar-refractivity contribution in [1.82, 2.24) is 29.8 Å². The minimum Gasteiger partial charge on any atom is -0.474 e. The molecule has 44 heavy (non-hydrogen) atoms. The highest BCUT2D eigenvalue weighted by Crippen LogP contribution is 2.27. The number of ether oxygens (including phenoxy) is 2. The largest absolute Gasteiger partial charge is 0.474 e. The van der Waals surface area contributed by atoms with Crippen LogP contribution in [0.2, 0.25) is 0 Å². The van der Waals surface area contributed by atoms with E-state index in [0.717, 1.165) is 56.0 Å². The molecule has 1 N–H and O–H groups in total. The molecule has 2 aromatic heterocycles. The summed E-state index contributed by atoms with van der Waals surface area (Å²) in [5.41, 5.74) is 2.01. The van der Waals surface area contributed by atoms with Crippen LogP contribution in [-0.4, -0.2) is 87.4 Å². The number of rotatable bonds is 12. The lowest BCUT2D eigenvalue weighted by Crippen LogP contribution is -2.47. The maximum atomic E-state index is 13.2. The van der Waals surface area contributed by atoms with Crippen LogP contribution in [-0.2, 0) is 20.7 Å². The van der Waals surface area contributed by atoms with Crippen LogP contribution in [0.25, 0.3) is 5.69 Å². The predicted octanol–water partition coefficient (Wildman–Crippen LogP) is 3.99. The molecule has 0 spiro atoms. The molecule has 11 heteroatoms. The van der Waals surface area contributed by atoms with Crippen molar-refractivity contribution in [3.8, 4) is 11.6 Å². The lowest BCUT2D eigenvalue weighted by molar-refractivity contribution is -0.138. The first-order chi connectivity index (χ1) is 21.4. The van der Waals surface area contributed by atoms with Gasteiger partial charge in [-0.05, 0) is 81.6 Å². The Labute approximate surface area is 258 Å². The van der Waals surface area contributed by atoms with Gasteiger partial charge in [0.25, 0.3) is 5.88 Å². The molecule has 2 atom stereocenters. The zero-order chi connectivity index (χ0) is 30.5. The van der Waals surface area contributed by atoms with Crippen LogP contribution in [0.15, 0.2) is 47.2 Å². The van der Waals surface area contributed by atoms with Crippen molar-refractivity contribution in [1.29, 1.82) is 0 Å².